The van der Waals surface area contributed by atoms with Crippen LogP contribution in [0.5, 0.6) is 0 Å². The maximum absolute atomic E-state index is 10.9. The fraction of sp³-hybridized carbons (Fsp3) is 0.885. The van der Waals surface area contributed by atoms with Crippen molar-refractivity contribution in [3.8, 4) is 0 Å². The number of esters is 1. The number of hydrogen-bond acceptors (Lipinski definition) is 5. The topological polar surface area (TPSA) is 54.0 Å². The summed E-state index contributed by atoms with van der Waals surface area (Å²) in [6, 6.07) is 0.922. The van der Waals surface area contributed by atoms with Gasteiger partial charge in [-0.25, -0.2) is 4.79 Å². The lowest BCUT2D eigenvalue weighted by molar-refractivity contribution is -0.137. The lowest BCUT2D eigenvalue weighted by atomic mass is 10.0. The summed E-state index contributed by atoms with van der Waals surface area (Å²) < 4.78 is 21.4. The Hall–Kier alpha value is -0.693. The molecule has 0 aliphatic carbocycles. The Morgan fingerprint density at radius 1 is 0.594 bits per heavy atom. The van der Waals surface area contributed by atoms with Gasteiger partial charge < -0.3 is 18.0 Å². The van der Waals surface area contributed by atoms with E-state index in [2.05, 4.69) is 6.58 Å². The van der Waals surface area contributed by atoms with Crippen LogP contribution < -0.4 is 0 Å². The Kier molecular flexibility index (Phi) is 23.0. The van der Waals surface area contributed by atoms with Crippen LogP contribution >= 0.6 is 0 Å². The average molecular weight is 473 g/mol. The van der Waals surface area contributed by atoms with Crippen LogP contribution in [0.2, 0.25) is 6.04 Å². The van der Waals surface area contributed by atoms with Gasteiger partial charge in [-0.1, -0.05) is 109 Å². The zero-order valence-electron chi connectivity index (χ0n) is 21.5. The Labute approximate surface area is 200 Å². The van der Waals surface area contributed by atoms with Crippen molar-refractivity contribution in [2.75, 3.05) is 27.9 Å². The molecule has 190 valence electrons. The molecule has 0 saturated carbocycles. The van der Waals surface area contributed by atoms with Gasteiger partial charge in [0.05, 0.1) is 6.61 Å². The molecular weight excluding hydrogens is 420 g/mol. The van der Waals surface area contributed by atoms with E-state index in [0.717, 1.165) is 25.3 Å². The van der Waals surface area contributed by atoms with Crippen molar-refractivity contribution in [3.05, 3.63) is 12.7 Å². The van der Waals surface area contributed by atoms with Crippen LogP contribution in [0.4, 0.5) is 0 Å². The predicted molar refractivity (Wildman–Crippen MR) is 136 cm³/mol. The summed E-state index contributed by atoms with van der Waals surface area (Å²) in [7, 11) is 2.73. The standard InChI is InChI=1S/C26H52O5Si/c1-5-26(27)31-24-22-20-18-16-14-12-10-8-6-7-9-11-13-15-17-19-21-23-25-32(28-2,29-3)30-4/h5H,1,6-25H2,2-4H3. The molecule has 32 heavy (non-hydrogen) atoms. The third-order valence-corrected chi connectivity index (χ3v) is 9.05. The Morgan fingerprint density at radius 2 is 0.906 bits per heavy atom. The fourth-order valence-corrected chi connectivity index (χ4v) is 5.86. The molecule has 0 fully saturated rings. The van der Waals surface area contributed by atoms with Gasteiger partial charge in [-0.3, -0.25) is 0 Å². The summed E-state index contributed by atoms with van der Waals surface area (Å²) in [6.07, 6.45) is 24.8. The van der Waals surface area contributed by atoms with Gasteiger partial charge in [0.1, 0.15) is 0 Å². The number of carbonyl (C=O) groups is 1. The van der Waals surface area contributed by atoms with Gasteiger partial charge in [-0.05, 0) is 12.8 Å². The van der Waals surface area contributed by atoms with Gasteiger partial charge in [0.15, 0.2) is 0 Å². The highest BCUT2D eigenvalue weighted by molar-refractivity contribution is 6.60. The minimum Gasteiger partial charge on any atom is -0.463 e. The summed E-state index contributed by atoms with van der Waals surface area (Å²) in [6.45, 7) is 3.93. The summed E-state index contributed by atoms with van der Waals surface area (Å²) in [5, 5.41) is 0. The van der Waals surface area contributed by atoms with E-state index in [0.29, 0.717) is 6.61 Å². The largest absolute Gasteiger partial charge is 0.500 e. The molecule has 0 radical (unpaired) electrons. The van der Waals surface area contributed by atoms with Gasteiger partial charge in [0, 0.05) is 33.4 Å². The first kappa shape index (κ1) is 31.3. The summed E-state index contributed by atoms with van der Waals surface area (Å²) >= 11 is 0. The van der Waals surface area contributed by atoms with E-state index in [9.17, 15) is 4.79 Å². The fourth-order valence-electron chi connectivity index (χ4n) is 4.06. The summed E-state index contributed by atoms with van der Waals surface area (Å²) in [5.41, 5.74) is 0. The van der Waals surface area contributed by atoms with Crippen molar-refractivity contribution in [1.82, 2.24) is 0 Å². The van der Waals surface area contributed by atoms with E-state index < -0.39 is 8.80 Å². The minimum absolute atomic E-state index is 0.307. The number of unbranched alkanes of at least 4 members (excludes halogenated alkanes) is 17. The van der Waals surface area contributed by atoms with E-state index in [1.807, 2.05) is 0 Å². The van der Waals surface area contributed by atoms with Crippen molar-refractivity contribution in [3.63, 3.8) is 0 Å². The molecule has 0 N–H and O–H groups in total. The van der Waals surface area contributed by atoms with Gasteiger partial charge in [-0.15, -0.1) is 0 Å². The van der Waals surface area contributed by atoms with Crippen LogP contribution in [-0.4, -0.2) is 42.7 Å². The monoisotopic (exact) mass is 472 g/mol. The molecule has 0 heterocycles. The van der Waals surface area contributed by atoms with Crippen molar-refractivity contribution < 1.29 is 22.8 Å². The predicted octanol–water partition coefficient (Wildman–Crippen LogP) is 7.62. The zero-order valence-corrected chi connectivity index (χ0v) is 22.5. The van der Waals surface area contributed by atoms with Crippen LogP contribution in [0.1, 0.15) is 116 Å². The second-order valence-electron chi connectivity index (χ2n) is 8.78. The molecule has 0 aromatic rings. The van der Waals surface area contributed by atoms with Crippen molar-refractivity contribution in [2.45, 2.75) is 122 Å². The molecule has 6 heteroatoms. The molecule has 0 unspecified atom stereocenters. The van der Waals surface area contributed by atoms with Gasteiger partial charge in [0.25, 0.3) is 0 Å². The van der Waals surface area contributed by atoms with E-state index in [1.165, 1.54) is 102 Å². The first-order valence-electron chi connectivity index (χ1n) is 13.1. The molecule has 0 saturated heterocycles. The average Bonchev–Trinajstić information content (AvgIpc) is 2.82. The first-order valence-corrected chi connectivity index (χ1v) is 15.0. The third kappa shape index (κ3) is 18.8. The summed E-state index contributed by atoms with van der Waals surface area (Å²) in [4.78, 5) is 10.9. The minimum atomic E-state index is -2.35. The molecule has 0 aliphatic rings. The second-order valence-corrected chi connectivity index (χ2v) is 11.9. The van der Waals surface area contributed by atoms with Crippen LogP contribution in [0.25, 0.3) is 0 Å². The Morgan fingerprint density at radius 3 is 1.22 bits per heavy atom. The molecule has 0 aromatic carbocycles. The molecule has 0 rings (SSSR count). The van der Waals surface area contributed by atoms with E-state index in [4.69, 9.17) is 18.0 Å². The Balaban J connectivity index is 3.19. The summed E-state index contributed by atoms with van der Waals surface area (Å²) in [5.74, 6) is -0.307. The van der Waals surface area contributed by atoms with Gasteiger partial charge in [-0.2, -0.15) is 0 Å². The number of rotatable bonds is 25. The third-order valence-electron chi connectivity index (χ3n) is 6.22. The number of carbonyl (C=O) groups excluding carboxylic acids is 1. The molecule has 0 aromatic heterocycles. The quantitative estimate of drug-likeness (QED) is 0.0592. The highest BCUT2D eigenvalue weighted by Crippen LogP contribution is 2.19. The lowest BCUT2D eigenvalue weighted by Gasteiger charge is -2.24. The van der Waals surface area contributed by atoms with Crippen LogP contribution in [0.3, 0.4) is 0 Å². The molecule has 0 spiro atoms. The van der Waals surface area contributed by atoms with Crippen molar-refractivity contribution >= 4 is 14.8 Å². The highest BCUT2D eigenvalue weighted by atomic mass is 28.4. The maximum atomic E-state index is 10.9. The second kappa shape index (κ2) is 23.5. The maximum Gasteiger partial charge on any atom is 0.500 e. The van der Waals surface area contributed by atoms with Gasteiger partial charge >= 0.3 is 14.8 Å². The van der Waals surface area contributed by atoms with Crippen LogP contribution in [-0.2, 0) is 22.8 Å². The van der Waals surface area contributed by atoms with Crippen molar-refractivity contribution in [2.24, 2.45) is 0 Å². The first-order chi connectivity index (χ1) is 15.6. The molecular formula is C26H52O5Si. The number of ether oxygens (including phenoxy) is 1. The van der Waals surface area contributed by atoms with E-state index >= 15 is 0 Å². The molecule has 0 amide bonds. The van der Waals surface area contributed by atoms with E-state index in [1.54, 1.807) is 21.3 Å². The van der Waals surface area contributed by atoms with Crippen LogP contribution in [0.15, 0.2) is 12.7 Å². The SMILES string of the molecule is C=CC(=O)OCCCCCCCCCCCCCCCCCCCC[Si](OC)(OC)OC. The Bertz CT molecular complexity index is 418. The lowest BCUT2D eigenvalue weighted by Crippen LogP contribution is -2.42. The smallest absolute Gasteiger partial charge is 0.463 e. The molecule has 0 aliphatic heterocycles. The molecule has 5 nitrogen and oxygen atoms in total. The zero-order chi connectivity index (χ0) is 23.8. The van der Waals surface area contributed by atoms with Crippen molar-refractivity contribution in [1.29, 1.82) is 0 Å². The molecule has 0 atom stereocenters. The molecule has 0 bridgehead atoms. The van der Waals surface area contributed by atoms with Gasteiger partial charge in [0.2, 0.25) is 0 Å². The van der Waals surface area contributed by atoms with E-state index in [-0.39, 0.29) is 5.97 Å². The van der Waals surface area contributed by atoms with Crippen LogP contribution in [0, 0.1) is 0 Å². The normalized spacial score (nSPS) is 11.6. The highest BCUT2D eigenvalue weighted by Gasteiger charge is 2.36. The number of hydrogen-bond donors (Lipinski definition) is 0.